The number of aryl methyl sites for hydroxylation is 2. The predicted molar refractivity (Wildman–Crippen MR) is 160 cm³/mol. The lowest BCUT2D eigenvalue weighted by atomic mass is 10.1. The number of nitrogens with one attached hydrogen (secondary N) is 1. The summed E-state index contributed by atoms with van der Waals surface area (Å²) in [6, 6.07) is 25.6. The van der Waals surface area contributed by atoms with Crippen molar-refractivity contribution in [2.75, 3.05) is 10.8 Å². The molecule has 0 bridgehead atoms. The van der Waals surface area contributed by atoms with Gasteiger partial charge in [-0.25, -0.2) is 13.8 Å². The average molecular weight is 597 g/mol. The molecule has 4 aromatic rings. The summed E-state index contributed by atoms with van der Waals surface area (Å²) in [4.78, 5) is 12.8. The minimum Gasteiger partial charge on any atom is -0.489 e. The predicted octanol–water partition coefficient (Wildman–Crippen LogP) is 6.53. The van der Waals surface area contributed by atoms with Gasteiger partial charge >= 0.3 is 0 Å². The van der Waals surface area contributed by atoms with E-state index < -0.39 is 22.5 Å². The maximum absolute atomic E-state index is 13.5. The molecule has 0 radical (unpaired) electrons. The highest BCUT2D eigenvalue weighted by Gasteiger charge is 2.27. The quantitative estimate of drug-likeness (QED) is 0.167. The Morgan fingerprint density at radius 2 is 1.62 bits per heavy atom. The second-order valence-electron chi connectivity index (χ2n) is 9.01. The van der Waals surface area contributed by atoms with Crippen molar-refractivity contribution in [1.29, 1.82) is 0 Å². The second-order valence-corrected chi connectivity index (χ2v) is 11.8. The topological polar surface area (TPSA) is 88.1 Å². The Kier molecular flexibility index (Phi) is 9.47. The molecule has 0 aliphatic heterocycles. The van der Waals surface area contributed by atoms with Crippen molar-refractivity contribution in [3.8, 4) is 5.75 Å². The molecule has 1 amide bonds. The van der Waals surface area contributed by atoms with Gasteiger partial charge in [-0.2, -0.15) is 5.10 Å². The van der Waals surface area contributed by atoms with Crippen LogP contribution >= 0.6 is 23.2 Å². The first-order chi connectivity index (χ1) is 19.1. The number of hydrazone groups is 1. The van der Waals surface area contributed by atoms with Gasteiger partial charge in [0.05, 0.1) is 16.8 Å². The summed E-state index contributed by atoms with van der Waals surface area (Å²) in [5.41, 5.74) is 6.35. The summed E-state index contributed by atoms with van der Waals surface area (Å²) < 4.78 is 33.9. The smallest absolute Gasteiger partial charge is 0.264 e. The van der Waals surface area contributed by atoms with Gasteiger partial charge in [0.15, 0.2) is 0 Å². The molecule has 0 spiro atoms. The Labute approximate surface area is 244 Å². The number of ether oxygens (including phenoxy) is 1. The largest absolute Gasteiger partial charge is 0.489 e. The van der Waals surface area contributed by atoms with Crippen molar-refractivity contribution in [3.05, 3.63) is 123 Å². The van der Waals surface area contributed by atoms with Gasteiger partial charge < -0.3 is 4.74 Å². The fourth-order valence-electron chi connectivity index (χ4n) is 3.72. The molecule has 206 valence electrons. The highest BCUT2D eigenvalue weighted by molar-refractivity contribution is 7.92. The van der Waals surface area contributed by atoms with Crippen molar-refractivity contribution in [1.82, 2.24) is 5.43 Å². The molecule has 40 heavy (non-hydrogen) atoms. The average Bonchev–Trinajstić information content (AvgIpc) is 2.93. The molecule has 0 heterocycles. The summed E-state index contributed by atoms with van der Waals surface area (Å²) >= 11 is 12.0. The first-order valence-corrected chi connectivity index (χ1v) is 14.5. The number of carbonyl (C=O) groups is 1. The van der Waals surface area contributed by atoms with Crippen molar-refractivity contribution in [3.63, 3.8) is 0 Å². The summed E-state index contributed by atoms with van der Waals surface area (Å²) in [6.07, 6.45) is 1.46. The molecule has 0 fully saturated rings. The van der Waals surface area contributed by atoms with Gasteiger partial charge in [0, 0.05) is 10.0 Å². The first kappa shape index (κ1) is 29.1. The van der Waals surface area contributed by atoms with Crippen LogP contribution in [0.15, 0.2) is 101 Å². The molecular weight excluding hydrogens is 569 g/mol. The molecule has 4 rings (SSSR count). The van der Waals surface area contributed by atoms with Gasteiger partial charge in [0.2, 0.25) is 0 Å². The molecule has 10 heteroatoms. The van der Waals surface area contributed by atoms with Gasteiger partial charge in [0.1, 0.15) is 18.9 Å². The van der Waals surface area contributed by atoms with E-state index in [-0.39, 0.29) is 4.90 Å². The second kappa shape index (κ2) is 13.0. The SMILES string of the molecule is Cc1ccc(N(CC(=O)N/N=C\c2ccc(OCc3cccc(Cl)c3)cc2)S(=O)(=O)c2ccc(Cl)cc2)cc1C. The van der Waals surface area contributed by atoms with Crippen LogP contribution in [0, 0.1) is 13.8 Å². The van der Waals surface area contributed by atoms with E-state index in [4.69, 9.17) is 27.9 Å². The molecule has 0 atom stereocenters. The van der Waals surface area contributed by atoms with Gasteiger partial charge in [0.25, 0.3) is 15.9 Å². The van der Waals surface area contributed by atoms with E-state index in [0.717, 1.165) is 26.6 Å². The Morgan fingerprint density at radius 1 is 0.900 bits per heavy atom. The van der Waals surface area contributed by atoms with E-state index in [1.807, 2.05) is 38.1 Å². The Balaban J connectivity index is 1.42. The number of hydrogen-bond donors (Lipinski definition) is 1. The van der Waals surface area contributed by atoms with Crippen LogP contribution in [0.2, 0.25) is 10.0 Å². The number of carbonyl (C=O) groups excluding carboxylic acids is 1. The van der Waals surface area contributed by atoms with Crippen molar-refractivity contribution in [2.45, 2.75) is 25.3 Å². The van der Waals surface area contributed by atoms with Crippen LogP contribution in [0.5, 0.6) is 5.75 Å². The Hall–Kier alpha value is -3.85. The molecule has 0 aromatic heterocycles. The van der Waals surface area contributed by atoms with Crippen LogP contribution in [0.25, 0.3) is 0 Å². The minimum atomic E-state index is -4.06. The molecule has 1 N–H and O–H groups in total. The lowest BCUT2D eigenvalue weighted by Gasteiger charge is -2.24. The van der Waals surface area contributed by atoms with Crippen LogP contribution in [-0.4, -0.2) is 27.1 Å². The zero-order chi connectivity index (χ0) is 28.7. The zero-order valence-corrected chi connectivity index (χ0v) is 24.2. The third kappa shape index (κ3) is 7.63. The van der Waals surface area contributed by atoms with E-state index in [2.05, 4.69) is 10.5 Å². The summed E-state index contributed by atoms with van der Waals surface area (Å²) in [5.74, 6) is 0.0612. The lowest BCUT2D eigenvalue weighted by Crippen LogP contribution is -2.39. The molecule has 7 nitrogen and oxygen atoms in total. The Morgan fingerprint density at radius 3 is 2.30 bits per heavy atom. The fraction of sp³-hybridized carbons (Fsp3) is 0.133. The fourth-order valence-corrected chi connectivity index (χ4v) is 5.47. The van der Waals surface area contributed by atoms with Gasteiger partial charge in [-0.05, 0) is 109 Å². The normalized spacial score (nSPS) is 11.4. The lowest BCUT2D eigenvalue weighted by molar-refractivity contribution is -0.119. The number of benzene rings is 4. The van der Waals surface area contributed by atoms with Gasteiger partial charge in [-0.15, -0.1) is 0 Å². The molecule has 0 unspecified atom stereocenters. The molecule has 4 aromatic carbocycles. The minimum absolute atomic E-state index is 0.0177. The van der Waals surface area contributed by atoms with Crippen LogP contribution in [-0.2, 0) is 21.4 Å². The Bertz CT molecular complexity index is 1620. The molecule has 0 saturated heterocycles. The number of anilines is 1. The number of rotatable bonds is 10. The third-order valence-electron chi connectivity index (χ3n) is 6.04. The van der Waals surface area contributed by atoms with E-state index in [9.17, 15) is 13.2 Å². The van der Waals surface area contributed by atoms with Gasteiger partial charge in [-0.1, -0.05) is 41.4 Å². The highest BCUT2D eigenvalue weighted by Crippen LogP contribution is 2.26. The van der Waals surface area contributed by atoms with Crippen LogP contribution in [0.1, 0.15) is 22.3 Å². The summed E-state index contributed by atoms with van der Waals surface area (Å²) in [7, 11) is -4.06. The maximum atomic E-state index is 13.5. The summed E-state index contributed by atoms with van der Waals surface area (Å²) in [5, 5.41) is 5.05. The number of sulfonamides is 1. The van der Waals surface area contributed by atoms with E-state index in [1.165, 1.54) is 30.5 Å². The van der Waals surface area contributed by atoms with Crippen LogP contribution in [0.4, 0.5) is 5.69 Å². The zero-order valence-electron chi connectivity index (χ0n) is 21.8. The van der Waals surface area contributed by atoms with Crippen LogP contribution in [0.3, 0.4) is 0 Å². The van der Waals surface area contributed by atoms with Crippen molar-refractivity contribution >= 4 is 51.0 Å². The van der Waals surface area contributed by atoms with Crippen molar-refractivity contribution < 1.29 is 17.9 Å². The standard InChI is InChI=1S/C30H27Cl2N3O4S/c1-21-6-11-27(16-22(21)2)35(40(37,38)29-14-9-25(31)10-15-29)19-30(36)34-33-18-23-7-12-28(13-8-23)39-20-24-4-3-5-26(32)17-24/h3-18H,19-20H2,1-2H3,(H,34,36)/b33-18-. The van der Waals surface area contributed by atoms with E-state index in [1.54, 1.807) is 42.5 Å². The number of halogens is 2. The molecule has 0 saturated carbocycles. The van der Waals surface area contributed by atoms with Gasteiger partial charge in [-0.3, -0.25) is 9.10 Å². The monoisotopic (exact) mass is 595 g/mol. The molecular formula is C30H27Cl2N3O4S. The summed E-state index contributed by atoms with van der Waals surface area (Å²) in [6.45, 7) is 3.71. The number of amides is 1. The van der Waals surface area contributed by atoms with E-state index >= 15 is 0 Å². The molecule has 0 aliphatic rings. The van der Waals surface area contributed by atoms with Crippen molar-refractivity contribution in [2.24, 2.45) is 5.10 Å². The van der Waals surface area contributed by atoms with E-state index in [0.29, 0.717) is 28.1 Å². The first-order valence-electron chi connectivity index (χ1n) is 12.3. The number of hydrogen-bond acceptors (Lipinski definition) is 5. The molecule has 0 aliphatic carbocycles. The third-order valence-corrected chi connectivity index (χ3v) is 8.32. The number of nitrogens with zero attached hydrogens (tertiary/aromatic N) is 2. The van der Waals surface area contributed by atoms with Crippen LogP contribution < -0.4 is 14.5 Å². The maximum Gasteiger partial charge on any atom is 0.264 e. The highest BCUT2D eigenvalue weighted by atomic mass is 35.5.